The molecule has 2 bridgehead atoms. The highest BCUT2D eigenvalue weighted by molar-refractivity contribution is 5.96. The number of carbonyl (C=O) groups is 4. The minimum atomic E-state index is -1.54. The van der Waals surface area contributed by atoms with Crippen LogP contribution in [0.5, 0.6) is 5.75 Å². The van der Waals surface area contributed by atoms with E-state index in [1.54, 1.807) is 45.0 Å². The predicted octanol–water partition coefficient (Wildman–Crippen LogP) is 5.42. The van der Waals surface area contributed by atoms with Crippen LogP contribution in [0.15, 0.2) is 84.9 Å². The van der Waals surface area contributed by atoms with Crippen LogP contribution >= 0.6 is 0 Å². The van der Waals surface area contributed by atoms with Gasteiger partial charge in [0.15, 0.2) is 11.8 Å². The van der Waals surface area contributed by atoms with Crippen molar-refractivity contribution in [3.05, 3.63) is 107 Å². The number of esters is 2. The summed E-state index contributed by atoms with van der Waals surface area (Å²) >= 11 is 0. The second kappa shape index (κ2) is 17.9. The van der Waals surface area contributed by atoms with E-state index < -0.39 is 89.7 Å². The normalized spacial score (nSPS) is 27.7. The summed E-state index contributed by atoms with van der Waals surface area (Å²) in [6.07, 6.45) is 5.45. The lowest BCUT2D eigenvalue weighted by Gasteiger charge is -2.50. The molecule has 14 heteroatoms. The molecule has 2 amide bonds. The molecule has 0 aromatic heterocycles. The first-order valence-corrected chi connectivity index (χ1v) is 23.2. The van der Waals surface area contributed by atoms with Gasteiger partial charge in [-0.3, -0.25) is 24.0 Å². The lowest BCUT2D eigenvalue weighted by molar-refractivity contribution is -0.235. The van der Waals surface area contributed by atoms with Crippen molar-refractivity contribution in [2.45, 2.75) is 139 Å². The fourth-order valence-corrected chi connectivity index (χ4v) is 10.6. The summed E-state index contributed by atoms with van der Waals surface area (Å²) in [4.78, 5) is 66.2. The summed E-state index contributed by atoms with van der Waals surface area (Å²) in [7, 11) is 1.58. The lowest BCUT2D eigenvalue weighted by atomic mass is 9.62. The van der Waals surface area contributed by atoms with Crippen LogP contribution < -0.4 is 5.32 Å². The molecule has 3 heterocycles. The van der Waals surface area contributed by atoms with Gasteiger partial charge in [-0.1, -0.05) is 84.9 Å². The number of amides is 2. The van der Waals surface area contributed by atoms with Crippen LogP contribution in [0, 0.1) is 17.3 Å². The fourth-order valence-electron chi connectivity index (χ4n) is 10.6. The Labute approximate surface area is 380 Å². The van der Waals surface area contributed by atoms with Gasteiger partial charge in [0, 0.05) is 38.1 Å². The number of nitrogens with zero attached hydrogens (tertiary/aromatic N) is 2. The number of carbonyl (C=O) groups excluding carboxylic acids is 4. The Balaban J connectivity index is 1.04. The second-order valence-electron chi connectivity index (χ2n) is 19.7. The molecule has 65 heavy (non-hydrogen) atoms. The molecule has 3 N–H and O–H groups in total. The van der Waals surface area contributed by atoms with Gasteiger partial charge in [0.25, 0.3) is 0 Å². The van der Waals surface area contributed by atoms with Gasteiger partial charge in [-0.05, 0) is 87.6 Å². The highest BCUT2D eigenvalue weighted by atomic mass is 16.8. The van der Waals surface area contributed by atoms with Crippen molar-refractivity contribution in [1.29, 1.82) is 0 Å². The maximum atomic E-state index is 15.9. The zero-order chi connectivity index (χ0) is 45.7. The first-order valence-electron chi connectivity index (χ1n) is 23.2. The number of fused-ring (bicyclic) bond motifs is 4. The van der Waals surface area contributed by atoms with Crippen LogP contribution in [-0.4, -0.2) is 112 Å². The number of phenols is 1. The van der Waals surface area contributed by atoms with E-state index in [4.69, 9.17) is 23.8 Å². The highest BCUT2D eigenvalue weighted by Gasteiger charge is 2.78. The van der Waals surface area contributed by atoms with E-state index in [1.165, 1.54) is 4.90 Å². The van der Waals surface area contributed by atoms with Crippen molar-refractivity contribution in [1.82, 2.24) is 15.3 Å². The number of allylic oxidation sites excluding steroid dienone is 1. The first kappa shape index (κ1) is 45.1. The van der Waals surface area contributed by atoms with Crippen molar-refractivity contribution in [2.75, 3.05) is 13.7 Å². The predicted molar refractivity (Wildman–Crippen MR) is 237 cm³/mol. The quantitative estimate of drug-likeness (QED) is 0.147. The number of rotatable bonds is 17. The second-order valence-corrected chi connectivity index (χ2v) is 19.7. The van der Waals surface area contributed by atoms with Crippen LogP contribution in [0.1, 0.15) is 88.0 Å². The minimum Gasteiger partial charge on any atom is -0.508 e. The molecule has 0 radical (unpaired) electrons. The molecule has 3 saturated heterocycles. The van der Waals surface area contributed by atoms with Crippen LogP contribution in [0.25, 0.3) is 6.08 Å². The molecule has 3 aromatic rings. The van der Waals surface area contributed by atoms with E-state index in [9.17, 15) is 24.6 Å². The monoisotopic (exact) mass is 891 g/mol. The summed E-state index contributed by atoms with van der Waals surface area (Å²) in [5.74, 6) is -2.29. The van der Waals surface area contributed by atoms with E-state index in [0.29, 0.717) is 6.42 Å². The summed E-state index contributed by atoms with van der Waals surface area (Å²) in [5.41, 5.74) is 1.04. The smallest absolute Gasteiger partial charge is 0.327 e. The number of likely N-dealkylation sites (N-methyl/N-ethyl adjacent to an activating group) is 1. The largest absolute Gasteiger partial charge is 0.508 e. The number of nitrogens with one attached hydrogen (secondary N) is 1. The van der Waals surface area contributed by atoms with Crippen molar-refractivity contribution < 1.29 is 53.2 Å². The van der Waals surface area contributed by atoms with Crippen LogP contribution in [0.2, 0.25) is 0 Å². The van der Waals surface area contributed by atoms with Gasteiger partial charge in [-0.15, -0.1) is 0 Å². The van der Waals surface area contributed by atoms with E-state index in [-0.39, 0.29) is 49.8 Å². The summed E-state index contributed by atoms with van der Waals surface area (Å²) in [6, 6.07) is 21.2. The van der Waals surface area contributed by atoms with Gasteiger partial charge < -0.3 is 39.4 Å². The zero-order valence-electron chi connectivity index (χ0n) is 37.6. The summed E-state index contributed by atoms with van der Waals surface area (Å²) in [6.45, 7) is 5.00. The molecule has 3 aliphatic carbocycles. The van der Waals surface area contributed by atoms with Gasteiger partial charge in [0.1, 0.15) is 47.2 Å². The van der Waals surface area contributed by atoms with Crippen LogP contribution in [0.3, 0.4) is 0 Å². The molecule has 346 valence electrons. The molecule has 0 spiro atoms. The summed E-state index contributed by atoms with van der Waals surface area (Å²) in [5, 5.41) is 25.3. The Kier molecular flexibility index (Phi) is 12.4. The number of aliphatic hydroxyl groups is 1. The molecule has 3 aromatic carbocycles. The molecule has 6 fully saturated rings. The van der Waals surface area contributed by atoms with E-state index in [1.807, 2.05) is 78.9 Å². The van der Waals surface area contributed by atoms with E-state index in [0.717, 1.165) is 47.9 Å². The first-order chi connectivity index (χ1) is 31.2. The number of ether oxygens (including phenoxy) is 4. The van der Waals surface area contributed by atoms with Gasteiger partial charge >= 0.3 is 11.9 Å². The van der Waals surface area contributed by atoms with Gasteiger partial charge in [0.2, 0.25) is 11.8 Å². The molecular formula is C51H61N3O11. The molecule has 3 saturated carbocycles. The molecule has 14 nitrogen and oxygen atoms in total. The summed E-state index contributed by atoms with van der Waals surface area (Å²) < 4.78 is 25.8. The Morgan fingerprint density at radius 1 is 0.938 bits per heavy atom. The minimum absolute atomic E-state index is 0.0343. The molecule has 3 aliphatic heterocycles. The average molecular weight is 892 g/mol. The van der Waals surface area contributed by atoms with E-state index >= 15 is 4.79 Å². The third-order valence-corrected chi connectivity index (χ3v) is 13.9. The molecule has 8 atom stereocenters. The standard InChI is InChI=1S/C51H61N3O11/c1-49(2,3)62-41(57)26-25-37(30-55)52-46(58)38(27-31-13-6-5-7-14-31)53(4)48(60)50-28-40-42-43(64-51(63-42,35-21-22-35)36-23-24-36)45(50)65-54(44(50)47(59)61-40)29-34-17-9-8-15-32(34)18-12-19-33-16-10-11-20-39(33)56/h5-18,20,35-38,40,42-45,55-56H,19,21-30H2,1-4H3,(H,52,58)/t37-,38+,40+,42-,43-,44-,45+,50-/m0/s1. The number of para-hydroxylation sites is 1. The van der Waals surface area contributed by atoms with Crippen molar-refractivity contribution in [3.63, 3.8) is 0 Å². The number of aromatic hydroxyl groups is 1. The van der Waals surface area contributed by atoms with Gasteiger partial charge in [-0.25, -0.2) is 0 Å². The molecule has 6 aliphatic rings. The Hall–Kier alpha value is -5.12. The Morgan fingerprint density at radius 2 is 1.60 bits per heavy atom. The molecule has 9 rings (SSSR count). The Bertz CT molecular complexity index is 2280. The lowest BCUT2D eigenvalue weighted by Crippen LogP contribution is -2.70. The van der Waals surface area contributed by atoms with Crippen molar-refractivity contribution >= 4 is 29.8 Å². The topological polar surface area (TPSA) is 173 Å². The van der Waals surface area contributed by atoms with Crippen molar-refractivity contribution in [3.8, 4) is 5.75 Å². The van der Waals surface area contributed by atoms with Crippen molar-refractivity contribution in [2.24, 2.45) is 17.3 Å². The fraction of sp³-hybridized carbons (Fsp3) is 0.529. The number of benzene rings is 3. The van der Waals surface area contributed by atoms with E-state index in [2.05, 4.69) is 5.32 Å². The van der Waals surface area contributed by atoms with Crippen LogP contribution in [-0.2, 0) is 62.3 Å². The number of hydrogen-bond acceptors (Lipinski definition) is 12. The maximum absolute atomic E-state index is 15.9. The zero-order valence-corrected chi connectivity index (χ0v) is 37.6. The van der Waals surface area contributed by atoms with Gasteiger partial charge in [0.05, 0.1) is 19.2 Å². The van der Waals surface area contributed by atoms with Crippen LogP contribution in [0.4, 0.5) is 0 Å². The third-order valence-electron chi connectivity index (χ3n) is 13.9. The number of hydrogen-bond donors (Lipinski definition) is 3. The highest BCUT2D eigenvalue weighted by Crippen LogP contribution is 2.64. The molecular weight excluding hydrogens is 831 g/mol. The molecule has 0 unspecified atom stereocenters. The number of hydroxylamine groups is 2. The number of phenolic OH excluding ortho intramolecular Hbond substituents is 1. The maximum Gasteiger partial charge on any atom is 0.327 e. The third kappa shape index (κ3) is 8.95. The van der Waals surface area contributed by atoms with Gasteiger partial charge in [-0.2, -0.15) is 5.06 Å². The SMILES string of the molecule is CN(C(=O)[C@@]12C[C@H]3OC(=O)[C@@H]1N(Cc1ccccc1C=CCc1ccccc1O)O[C@@H]2[C@H]1OC(C2CC2)(C2CC2)O[C@H]13)[C@H](Cc1ccccc1)C(=O)N[C@H](CO)CCC(=O)OC(C)(C)C. The Morgan fingerprint density at radius 3 is 2.28 bits per heavy atom. The number of aliphatic hydroxyl groups excluding tert-OH is 1. The average Bonchev–Trinajstić information content (AvgIpc) is 4.23.